The molecule has 0 amide bonds. The van der Waals surface area contributed by atoms with Crippen molar-refractivity contribution in [2.75, 3.05) is 9.74 Å². The summed E-state index contributed by atoms with van der Waals surface area (Å²) >= 11 is 2.51. The third-order valence-corrected chi connectivity index (χ3v) is 7.54. The molecule has 3 heterocycles. The molecule has 0 radical (unpaired) electrons. The van der Waals surface area contributed by atoms with E-state index in [2.05, 4.69) is 92.0 Å². The maximum atomic E-state index is 4.35. The van der Waals surface area contributed by atoms with E-state index in [-0.39, 0.29) is 0 Å². The number of nitrogens with one attached hydrogen (secondary N) is 1. The molecule has 1 aromatic rings. The third kappa shape index (κ3) is 3.06. The Morgan fingerprint density at radius 2 is 2.07 bits per heavy atom. The van der Waals surface area contributed by atoms with Crippen LogP contribution in [0.3, 0.4) is 0 Å². The lowest BCUT2D eigenvalue weighted by atomic mass is 9.79. The smallest absolute Gasteiger partial charge is 0.0491 e. The first-order valence-electron chi connectivity index (χ1n) is 10.4. The van der Waals surface area contributed by atoms with E-state index in [1.807, 2.05) is 0 Å². The number of alkyl halides is 1. The van der Waals surface area contributed by atoms with Crippen LogP contribution >= 0.6 is 22.6 Å². The zero-order valence-electron chi connectivity index (χ0n) is 17.5. The minimum Gasteiger partial charge on any atom is -0.381 e. The van der Waals surface area contributed by atoms with Crippen LogP contribution < -0.4 is 5.32 Å². The van der Waals surface area contributed by atoms with Crippen LogP contribution in [0, 0.1) is 5.92 Å². The molecule has 148 valence electrons. The normalized spacial score (nSPS) is 22.9. The van der Waals surface area contributed by atoms with Gasteiger partial charge in [-0.05, 0) is 77.7 Å². The van der Waals surface area contributed by atoms with Gasteiger partial charge in [-0.1, -0.05) is 56.5 Å². The summed E-state index contributed by atoms with van der Waals surface area (Å²) in [4.78, 5) is 2.51. The van der Waals surface area contributed by atoms with Gasteiger partial charge in [-0.15, -0.1) is 0 Å². The summed E-state index contributed by atoms with van der Waals surface area (Å²) in [5.41, 5.74) is 12.1. The van der Waals surface area contributed by atoms with Gasteiger partial charge < -0.3 is 10.2 Å². The molecule has 0 fully saturated rings. The Morgan fingerprint density at radius 3 is 2.68 bits per heavy atom. The summed E-state index contributed by atoms with van der Waals surface area (Å²) in [5.74, 6) is 0.571. The molecule has 4 rings (SSSR count). The first kappa shape index (κ1) is 19.8. The van der Waals surface area contributed by atoms with E-state index in [9.17, 15) is 0 Å². The van der Waals surface area contributed by atoms with E-state index >= 15 is 0 Å². The Balaban J connectivity index is 1.91. The van der Waals surface area contributed by atoms with Gasteiger partial charge in [-0.25, -0.2) is 0 Å². The van der Waals surface area contributed by atoms with Gasteiger partial charge in [0, 0.05) is 39.7 Å². The number of rotatable bonds is 4. The highest BCUT2D eigenvalue weighted by Crippen LogP contribution is 2.46. The van der Waals surface area contributed by atoms with Crippen molar-refractivity contribution in [3.63, 3.8) is 0 Å². The second-order valence-corrected chi connectivity index (χ2v) is 9.65. The average Bonchev–Trinajstić information content (AvgIpc) is 3.10. The van der Waals surface area contributed by atoms with E-state index in [0.29, 0.717) is 18.0 Å². The predicted octanol–water partition coefficient (Wildman–Crippen LogP) is 6.27. The molecule has 0 aromatic heterocycles. The van der Waals surface area contributed by atoms with Crippen molar-refractivity contribution in [2.45, 2.75) is 59.0 Å². The second-order valence-electron chi connectivity index (χ2n) is 8.77. The molecular formula is C25H31IN2. The molecule has 0 spiro atoms. The zero-order chi connectivity index (χ0) is 20.2. The molecule has 0 saturated heterocycles. The van der Waals surface area contributed by atoms with Gasteiger partial charge in [0.1, 0.15) is 0 Å². The monoisotopic (exact) mass is 486 g/mol. The van der Waals surface area contributed by atoms with Crippen molar-refractivity contribution in [3.8, 4) is 0 Å². The fourth-order valence-corrected chi connectivity index (χ4v) is 5.46. The van der Waals surface area contributed by atoms with E-state index in [0.717, 1.165) is 34.8 Å². The molecule has 3 aliphatic heterocycles. The number of benzene rings is 1. The van der Waals surface area contributed by atoms with Gasteiger partial charge in [-0.2, -0.15) is 0 Å². The summed E-state index contributed by atoms with van der Waals surface area (Å²) in [6.45, 7) is 17.6. The molecule has 3 aliphatic rings. The molecular weight excluding hydrogens is 455 g/mol. The first-order chi connectivity index (χ1) is 13.3. The van der Waals surface area contributed by atoms with Crippen LogP contribution in [0.5, 0.6) is 0 Å². The highest BCUT2D eigenvalue weighted by Gasteiger charge is 2.37. The molecule has 1 aromatic carbocycles. The van der Waals surface area contributed by atoms with Gasteiger partial charge in [0.15, 0.2) is 0 Å². The number of anilines is 1. The minimum absolute atomic E-state index is 0.469. The highest BCUT2D eigenvalue weighted by molar-refractivity contribution is 14.1. The number of hydrogen-bond donors (Lipinski definition) is 1. The molecule has 2 atom stereocenters. The number of nitrogens with zero attached hydrogens (tertiary/aromatic N) is 1. The average molecular weight is 486 g/mol. The largest absolute Gasteiger partial charge is 0.381 e. The minimum atomic E-state index is 0.469. The van der Waals surface area contributed by atoms with Gasteiger partial charge in [-0.3, -0.25) is 0 Å². The van der Waals surface area contributed by atoms with Crippen LogP contribution in [0.4, 0.5) is 5.69 Å². The lowest BCUT2D eigenvalue weighted by molar-refractivity contribution is 0.284. The van der Waals surface area contributed by atoms with Gasteiger partial charge in [0.05, 0.1) is 0 Å². The molecule has 3 heteroatoms. The quantitative estimate of drug-likeness (QED) is 0.399. The van der Waals surface area contributed by atoms with Crippen molar-refractivity contribution < 1.29 is 0 Å². The Morgan fingerprint density at radius 1 is 1.32 bits per heavy atom. The fraction of sp³-hybridized carbons (Fsp3) is 0.440. The Kier molecular flexibility index (Phi) is 5.24. The van der Waals surface area contributed by atoms with Crippen LogP contribution in [0.15, 0.2) is 48.2 Å². The van der Waals surface area contributed by atoms with Crippen molar-refractivity contribution in [1.29, 1.82) is 0 Å². The Hall–Kier alpha value is -1.49. The third-order valence-electron chi connectivity index (χ3n) is 6.48. The summed E-state index contributed by atoms with van der Waals surface area (Å²) < 4.78 is 1.15. The fourth-order valence-electron chi connectivity index (χ4n) is 4.93. The van der Waals surface area contributed by atoms with Crippen molar-refractivity contribution in [3.05, 3.63) is 70.5 Å². The highest BCUT2D eigenvalue weighted by atomic mass is 127. The van der Waals surface area contributed by atoms with Crippen molar-refractivity contribution in [1.82, 2.24) is 4.90 Å². The van der Waals surface area contributed by atoms with Crippen LogP contribution in [0.1, 0.15) is 49.9 Å². The molecule has 1 N–H and O–H groups in total. The number of halogens is 1. The SMILES string of the molecule is C=C(C)C1=CN2C(=CC1=C)c1cc(CC)c3c(c1CC2C(C)C)CC(CI)N3. The molecule has 0 aliphatic carbocycles. The molecule has 28 heavy (non-hydrogen) atoms. The lowest BCUT2D eigenvalue weighted by Crippen LogP contribution is -2.41. The first-order valence-corrected chi connectivity index (χ1v) is 12.0. The van der Waals surface area contributed by atoms with Crippen molar-refractivity contribution >= 4 is 34.0 Å². The number of aryl methyl sites for hydroxylation is 1. The number of fused-ring (bicyclic) bond motifs is 5. The maximum Gasteiger partial charge on any atom is 0.0491 e. The molecule has 2 nitrogen and oxygen atoms in total. The molecule has 0 saturated carbocycles. The van der Waals surface area contributed by atoms with E-state index in [1.54, 1.807) is 11.1 Å². The van der Waals surface area contributed by atoms with Crippen LogP contribution in [0.25, 0.3) is 5.70 Å². The van der Waals surface area contributed by atoms with Crippen molar-refractivity contribution in [2.24, 2.45) is 5.92 Å². The van der Waals surface area contributed by atoms with E-state index < -0.39 is 0 Å². The zero-order valence-corrected chi connectivity index (χ0v) is 19.7. The van der Waals surface area contributed by atoms with Crippen LogP contribution in [-0.4, -0.2) is 21.4 Å². The predicted molar refractivity (Wildman–Crippen MR) is 130 cm³/mol. The Bertz CT molecular complexity index is 919. The topological polar surface area (TPSA) is 15.3 Å². The number of allylic oxidation sites excluding steroid dienone is 4. The summed E-state index contributed by atoms with van der Waals surface area (Å²) in [7, 11) is 0. The van der Waals surface area contributed by atoms with Gasteiger partial charge in [0.2, 0.25) is 0 Å². The summed E-state index contributed by atoms with van der Waals surface area (Å²) in [6, 6.07) is 3.48. The standard InChI is InChI=1S/C25H31IN2/c1-7-17-9-20-19(21-10-18(12-26)27-25(17)21)11-23(15(4)5)28-13-22(14(2)3)16(6)8-24(20)28/h8-9,13,15,18,23,27H,2,6-7,10-12H2,1,3-5H3. The van der Waals surface area contributed by atoms with Gasteiger partial charge >= 0.3 is 0 Å². The van der Waals surface area contributed by atoms with E-state index in [1.165, 1.54) is 28.1 Å². The van der Waals surface area contributed by atoms with Crippen LogP contribution in [-0.2, 0) is 19.3 Å². The van der Waals surface area contributed by atoms with Gasteiger partial charge in [0.25, 0.3) is 0 Å². The maximum absolute atomic E-state index is 4.35. The van der Waals surface area contributed by atoms with E-state index in [4.69, 9.17) is 0 Å². The summed E-state index contributed by atoms with van der Waals surface area (Å²) in [6.07, 6.45) is 7.92. The second kappa shape index (κ2) is 7.40. The lowest BCUT2D eigenvalue weighted by Gasteiger charge is -2.44. The Labute approximate surface area is 183 Å². The molecule has 0 bridgehead atoms. The van der Waals surface area contributed by atoms with Crippen LogP contribution in [0.2, 0.25) is 0 Å². The summed E-state index contributed by atoms with van der Waals surface area (Å²) in [5, 5.41) is 3.82. The number of hydrogen-bond acceptors (Lipinski definition) is 2. The molecule has 2 unspecified atom stereocenters.